The average Bonchev–Trinajstić information content (AvgIpc) is 3.01. The zero-order valence-corrected chi connectivity index (χ0v) is 12.8. The lowest BCUT2D eigenvalue weighted by atomic mass is 10.1. The maximum Gasteiger partial charge on any atom is 0.223 e. The Morgan fingerprint density at radius 2 is 1.95 bits per heavy atom. The molecule has 116 valence electrons. The molecule has 1 atom stereocenters. The van der Waals surface area contributed by atoms with E-state index in [9.17, 15) is 0 Å². The van der Waals surface area contributed by atoms with Crippen LogP contribution in [0.25, 0.3) is 0 Å². The first-order valence-electron chi connectivity index (χ1n) is 8.11. The van der Waals surface area contributed by atoms with Gasteiger partial charge < -0.3 is 10.5 Å². The number of aromatic nitrogens is 3. The third-order valence-corrected chi connectivity index (χ3v) is 4.39. The lowest BCUT2D eigenvalue weighted by molar-refractivity contribution is -0.0343. The summed E-state index contributed by atoms with van der Waals surface area (Å²) in [4.78, 5) is 15.8. The fourth-order valence-electron chi connectivity index (χ4n) is 3.32. The molecule has 1 aromatic heterocycles. The van der Waals surface area contributed by atoms with Crippen LogP contribution in [0, 0.1) is 0 Å². The van der Waals surface area contributed by atoms with E-state index in [1.807, 2.05) is 0 Å². The van der Waals surface area contributed by atoms with Crippen LogP contribution in [0.1, 0.15) is 62.7 Å². The van der Waals surface area contributed by atoms with E-state index >= 15 is 0 Å². The third-order valence-electron chi connectivity index (χ3n) is 4.39. The highest BCUT2D eigenvalue weighted by Gasteiger charge is 2.27. The Balaban J connectivity index is 1.77. The van der Waals surface area contributed by atoms with Crippen molar-refractivity contribution in [2.75, 3.05) is 32.0 Å². The van der Waals surface area contributed by atoms with E-state index in [1.165, 1.54) is 12.8 Å². The molecule has 0 amide bonds. The number of nitrogens with two attached hydrogens (primary N) is 1. The zero-order valence-electron chi connectivity index (χ0n) is 12.8. The summed E-state index contributed by atoms with van der Waals surface area (Å²) in [6.45, 7) is 5.86. The van der Waals surface area contributed by atoms with E-state index in [-0.39, 0.29) is 6.10 Å². The molecule has 2 aliphatic rings. The number of morpholine rings is 1. The number of anilines is 1. The van der Waals surface area contributed by atoms with Crippen molar-refractivity contribution in [2.45, 2.75) is 51.0 Å². The van der Waals surface area contributed by atoms with Crippen molar-refractivity contribution in [3.05, 3.63) is 11.6 Å². The van der Waals surface area contributed by atoms with Crippen LogP contribution in [0.15, 0.2) is 0 Å². The molecule has 2 heterocycles. The van der Waals surface area contributed by atoms with Gasteiger partial charge in [0.25, 0.3) is 0 Å². The molecule has 1 aliphatic heterocycles. The molecule has 1 saturated heterocycles. The maximum atomic E-state index is 5.90. The SMILES string of the molecule is CCCN1CCOC(c2nc(N)nc(C3CCCC3)n2)C1. The first kappa shape index (κ1) is 14.7. The van der Waals surface area contributed by atoms with E-state index in [2.05, 4.69) is 26.8 Å². The van der Waals surface area contributed by atoms with Gasteiger partial charge in [0.2, 0.25) is 5.95 Å². The van der Waals surface area contributed by atoms with E-state index in [0.29, 0.717) is 17.7 Å². The van der Waals surface area contributed by atoms with Gasteiger partial charge in [0, 0.05) is 19.0 Å². The van der Waals surface area contributed by atoms with Gasteiger partial charge >= 0.3 is 0 Å². The number of rotatable bonds is 4. The van der Waals surface area contributed by atoms with Gasteiger partial charge in [-0.3, -0.25) is 4.90 Å². The molecular formula is C15H25N5O. The van der Waals surface area contributed by atoms with Crippen LogP contribution < -0.4 is 5.73 Å². The third kappa shape index (κ3) is 3.49. The summed E-state index contributed by atoms with van der Waals surface area (Å²) in [5, 5.41) is 0. The van der Waals surface area contributed by atoms with E-state index < -0.39 is 0 Å². The van der Waals surface area contributed by atoms with Gasteiger partial charge in [-0.2, -0.15) is 9.97 Å². The van der Waals surface area contributed by atoms with Gasteiger partial charge in [-0.25, -0.2) is 4.98 Å². The average molecular weight is 291 g/mol. The lowest BCUT2D eigenvalue weighted by Crippen LogP contribution is -2.39. The van der Waals surface area contributed by atoms with Crippen LogP contribution in [0.2, 0.25) is 0 Å². The Labute approximate surface area is 126 Å². The van der Waals surface area contributed by atoms with E-state index in [4.69, 9.17) is 10.5 Å². The van der Waals surface area contributed by atoms with Crippen LogP contribution in [0.5, 0.6) is 0 Å². The topological polar surface area (TPSA) is 77.2 Å². The van der Waals surface area contributed by atoms with Gasteiger partial charge in [0.05, 0.1) is 6.61 Å². The normalized spacial score (nSPS) is 24.5. The fraction of sp³-hybridized carbons (Fsp3) is 0.800. The highest BCUT2D eigenvalue weighted by Crippen LogP contribution is 2.33. The van der Waals surface area contributed by atoms with Crippen molar-refractivity contribution in [1.82, 2.24) is 19.9 Å². The molecular weight excluding hydrogens is 266 g/mol. The summed E-state index contributed by atoms with van der Waals surface area (Å²) in [7, 11) is 0. The summed E-state index contributed by atoms with van der Waals surface area (Å²) in [5.74, 6) is 2.36. The second-order valence-electron chi connectivity index (χ2n) is 6.05. The van der Waals surface area contributed by atoms with Crippen molar-refractivity contribution in [1.29, 1.82) is 0 Å². The summed E-state index contributed by atoms with van der Waals surface area (Å²) in [5.41, 5.74) is 5.90. The van der Waals surface area contributed by atoms with Gasteiger partial charge in [-0.15, -0.1) is 0 Å². The highest BCUT2D eigenvalue weighted by atomic mass is 16.5. The molecule has 0 radical (unpaired) electrons. The van der Waals surface area contributed by atoms with Gasteiger partial charge in [0.1, 0.15) is 11.9 Å². The van der Waals surface area contributed by atoms with Crippen molar-refractivity contribution in [2.24, 2.45) is 0 Å². The smallest absolute Gasteiger partial charge is 0.223 e. The van der Waals surface area contributed by atoms with Gasteiger partial charge in [-0.05, 0) is 25.8 Å². The van der Waals surface area contributed by atoms with Gasteiger partial charge in [0.15, 0.2) is 5.82 Å². The molecule has 6 nitrogen and oxygen atoms in total. The summed E-state index contributed by atoms with van der Waals surface area (Å²) >= 11 is 0. The van der Waals surface area contributed by atoms with Crippen molar-refractivity contribution in [3.8, 4) is 0 Å². The molecule has 1 aliphatic carbocycles. The quantitative estimate of drug-likeness (QED) is 0.913. The van der Waals surface area contributed by atoms with Crippen LogP contribution in [-0.4, -0.2) is 46.1 Å². The largest absolute Gasteiger partial charge is 0.368 e. The minimum Gasteiger partial charge on any atom is -0.368 e. The molecule has 2 N–H and O–H groups in total. The van der Waals surface area contributed by atoms with Crippen LogP contribution >= 0.6 is 0 Å². The van der Waals surface area contributed by atoms with Crippen LogP contribution in [0.3, 0.4) is 0 Å². The molecule has 0 bridgehead atoms. The zero-order chi connectivity index (χ0) is 14.7. The molecule has 2 fully saturated rings. The maximum absolute atomic E-state index is 5.90. The monoisotopic (exact) mass is 291 g/mol. The highest BCUT2D eigenvalue weighted by molar-refractivity contribution is 5.19. The minimum absolute atomic E-state index is 0.0734. The second-order valence-corrected chi connectivity index (χ2v) is 6.05. The molecule has 6 heteroatoms. The Hall–Kier alpha value is -1.27. The molecule has 1 saturated carbocycles. The van der Waals surface area contributed by atoms with E-state index in [0.717, 1.165) is 51.3 Å². The van der Waals surface area contributed by atoms with Gasteiger partial charge in [-0.1, -0.05) is 19.8 Å². The summed E-state index contributed by atoms with van der Waals surface area (Å²) < 4.78 is 5.86. The first-order chi connectivity index (χ1) is 10.3. The molecule has 3 rings (SSSR count). The van der Waals surface area contributed by atoms with E-state index in [1.54, 1.807) is 0 Å². The minimum atomic E-state index is -0.0734. The Morgan fingerprint density at radius 3 is 2.71 bits per heavy atom. The number of hydrogen-bond donors (Lipinski definition) is 1. The van der Waals surface area contributed by atoms with Crippen LogP contribution in [0.4, 0.5) is 5.95 Å². The number of hydrogen-bond acceptors (Lipinski definition) is 6. The Bertz CT molecular complexity index is 473. The predicted octanol–water partition coefficient (Wildman–Crippen LogP) is 1.89. The second kappa shape index (κ2) is 6.66. The summed E-state index contributed by atoms with van der Waals surface area (Å²) in [6, 6.07) is 0. The predicted molar refractivity (Wildman–Crippen MR) is 80.9 cm³/mol. The standard InChI is InChI=1S/C15H25N5O/c1-2-7-20-8-9-21-12(10-20)14-17-13(18-15(16)19-14)11-5-3-4-6-11/h11-12H,2-10H2,1H3,(H2,16,17,18,19). The first-order valence-corrected chi connectivity index (χ1v) is 8.11. The molecule has 0 aromatic carbocycles. The molecule has 1 aromatic rings. The number of nitrogen functional groups attached to an aromatic ring is 1. The Kier molecular flexibility index (Phi) is 4.65. The Morgan fingerprint density at radius 1 is 1.19 bits per heavy atom. The van der Waals surface area contributed by atoms with Crippen molar-refractivity contribution in [3.63, 3.8) is 0 Å². The molecule has 1 unspecified atom stereocenters. The van der Waals surface area contributed by atoms with Crippen LogP contribution in [-0.2, 0) is 4.74 Å². The number of nitrogens with zero attached hydrogens (tertiary/aromatic N) is 4. The fourth-order valence-corrected chi connectivity index (χ4v) is 3.32. The van der Waals surface area contributed by atoms with Crippen molar-refractivity contribution < 1.29 is 4.74 Å². The molecule has 21 heavy (non-hydrogen) atoms. The van der Waals surface area contributed by atoms with Crippen molar-refractivity contribution >= 4 is 5.95 Å². The number of ether oxygens (including phenoxy) is 1. The lowest BCUT2D eigenvalue weighted by Gasteiger charge is -2.32. The molecule has 0 spiro atoms. The summed E-state index contributed by atoms with van der Waals surface area (Å²) in [6.07, 6.45) is 5.92.